The van der Waals surface area contributed by atoms with E-state index in [0.717, 1.165) is 36.7 Å². The van der Waals surface area contributed by atoms with Gasteiger partial charge in [0.15, 0.2) is 0 Å². The summed E-state index contributed by atoms with van der Waals surface area (Å²) in [5.41, 5.74) is 9.99. The first kappa shape index (κ1) is 26.1. The van der Waals surface area contributed by atoms with Crippen LogP contribution in [0.2, 0.25) is 0 Å². The summed E-state index contributed by atoms with van der Waals surface area (Å²) in [5, 5.41) is 17.8. The summed E-state index contributed by atoms with van der Waals surface area (Å²) in [5.74, 6) is 1.11. The Kier molecular flexibility index (Phi) is 8.13. The summed E-state index contributed by atoms with van der Waals surface area (Å²) in [6.45, 7) is 5.71. The number of nitrogen functional groups attached to an aromatic ring is 1. The number of hydrogen-bond acceptors (Lipinski definition) is 11. The molecule has 1 fully saturated rings. The van der Waals surface area contributed by atoms with Crippen molar-refractivity contribution in [2.45, 2.75) is 19.5 Å². The van der Waals surface area contributed by atoms with Gasteiger partial charge in [0, 0.05) is 31.2 Å². The van der Waals surface area contributed by atoms with Crippen molar-refractivity contribution in [2.24, 2.45) is 0 Å². The molecule has 0 saturated carbocycles. The third-order valence-electron chi connectivity index (χ3n) is 6.07. The van der Waals surface area contributed by atoms with Gasteiger partial charge in [-0.2, -0.15) is 14.9 Å². The minimum atomic E-state index is 0.130. The Morgan fingerprint density at radius 2 is 1.79 bits per heavy atom. The zero-order valence-electron chi connectivity index (χ0n) is 21.0. The molecule has 1 atom stereocenters. The van der Waals surface area contributed by atoms with Crippen LogP contribution in [0.1, 0.15) is 18.2 Å². The van der Waals surface area contributed by atoms with Crippen LogP contribution in [0.4, 0.5) is 11.8 Å². The zero-order chi connectivity index (χ0) is 27.1. The minimum absolute atomic E-state index is 0.130. The van der Waals surface area contributed by atoms with Crippen LogP contribution in [-0.4, -0.2) is 73.7 Å². The third-order valence-corrected chi connectivity index (χ3v) is 6.07. The molecule has 0 radical (unpaired) electrons. The quantitative estimate of drug-likeness (QED) is 0.417. The van der Waals surface area contributed by atoms with E-state index >= 15 is 0 Å². The van der Waals surface area contributed by atoms with Crippen LogP contribution >= 0.6 is 0 Å². The van der Waals surface area contributed by atoms with E-state index in [2.05, 4.69) is 56.2 Å². The molecule has 0 unspecified atom stereocenters. The van der Waals surface area contributed by atoms with Crippen molar-refractivity contribution < 1.29 is 9.59 Å². The molecule has 0 amide bonds. The van der Waals surface area contributed by atoms with Crippen LogP contribution in [0.5, 0.6) is 0 Å². The van der Waals surface area contributed by atoms with Crippen molar-refractivity contribution in [3.05, 3.63) is 66.0 Å². The molecule has 4 heterocycles. The lowest BCUT2D eigenvalue weighted by Gasteiger charge is -2.39. The summed E-state index contributed by atoms with van der Waals surface area (Å²) < 4.78 is 1.74. The van der Waals surface area contributed by atoms with Crippen LogP contribution in [0.15, 0.2) is 54.7 Å². The SMILES string of the molecule is C[C@H]1CN(C)CCN1c1cccc(Cn2cc(-c3cc(-c4cccc(C#N)c4)nc(N)n3)nn2)n1.O=C=O. The molecule has 1 aliphatic rings. The molecule has 38 heavy (non-hydrogen) atoms. The van der Waals surface area contributed by atoms with E-state index in [4.69, 9.17) is 20.3 Å². The summed E-state index contributed by atoms with van der Waals surface area (Å²) in [6, 6.07) is 17.6. The fraction of sp³-hybridized carbons (Fsp3) is 0.269. The topological polar surface area (TPSA) is 160 Å². The van der Waals surface area contributed by atoms with Gasteiger partial charge in [-0.3, -0.25) is 0 Å². The predicted octanol–water partition coefficient (Wildman–Crippen LogP) is 1.86. The highest BCUT2D eigenvalue weighted by Gasteiger charge is 2.22. The lowest BCUT2D eigenvalue weighted by molar-refractivity contribution is -0.191. The highest BCUT2D eigenvalue weighted by Crippen LogP contribution is 2.24. The first-order chi connectivity index (χ1) is 18.4. The Bertz CT molecular complexity index is 1490. The molecule has 12 nitrogen and oxygen atoms in total. The van der Waals surface area contributed by atoms with Gasteiger partial charge in [0.05, 0.1) is 41.5 Å². The van der Waals surface area contributed by atoms with Crippen LogP contribution in [-0.2, 0) is 16.1 Å². The molecule has 1 aromatic carbocycles. The first-order valence-electron chi connectivity index (χ1n) is 11.9. The second kappa shape index (κ2) is 11.8. The number of rotatable bonds is 5. The molecule has 0 spiro atoms. The van der Waals surface area contributed by atoms with Gasteiger partial charge in [-0.25, -0.2) is 19.6 Å². The van der Waals surface area contributed by atoms with Gasteiger partial charge in [-0.15, -0.1) is 5.10 Å². The van der Waals surface area contributed by atoms with Crippen molar-refractivity contribution in [3.8, 4) is 28.7 Å². The van der Waals surface area contributed by atoms with E-state index in [0.29, 0.717) is 35.2 Å². The number of aromatic nitrogens is 6. The lowest BCUT2D eigenvalue weighted by Crippen LogP contribution is -2.50. The lowest BCUT2D eigenvalue weighted by atomic mass is 10.1. The van der Waals surface area contributed by atoms with Crippen molar-refractivity contribution in [2.75, 3.05) is 37.3 Å². The zero-order valence-corrected chi connectivity index (χ0v) is 21.0. The molecule has 192 valence electrons. The Hall–Kier alpha value is -4.98. The van der Waals surface area contributed by atoms with Crippen molar-refractivity contribution in [1.82, 2.24) is 34.8 Å². The second-order valence-electron chi connectivity index (χ2n) is 8.87. The number of anilines is 2. The molecule has 0 aliphatic carbocycles. The average molecular weight is 511 g/mol. The Morgan fingerprint density at radius 3 is 2.55 bits per heavy atom. The molecule has 3 aromatic heterocycles. The van der Waals surface area contributed by atoms with E-state index in [9.17, 15) is 5.26 Å². The van der Waals surface area contributed by atoms with Crippen LogP contribution < -0.4 is 10.6 Å². The molecule has 1 saturated heterocycles. The maximum atomic E-state index is 9.20. The second-order valence-corrected chi connectivity index (χ2v) is 8.87. The van der Waals surface area contributed by atoms with E-state index in [-0.39, 0.29) is 12.1 Å². The molecular weight excluding hydrogens is 484 g/mol. The van der Waals surface area contributed by atoms with E-state index in [1.807, 2.05) is 30.5 Å². The van der Waals surface area contributed by atoms with Gasteiger partial charge >= 0.3 is 6.15 Å². The van der Waals surface area contributed by atoms with Crippen LogP contribution in [0.25, 0.3) is 22.6 Å². The van der Waals surface area contributed by atoms with Gasteiger partial charge in [0.2, 0.25) is 5.95 Å². The van der Waals surface area contributed by atoms with E-state index < -0.39 is 0 Å². The minimum Gasteiger partial charge on any atom is -0.368 e. The monoisotopic (exact) mass is 510 g/mol. The largest absolute Gasteiger partial charge is 0.373 e. The number of nitrogens with zero attached hydrogens (tertiary/aromatic N) is 9. The molecule has 5 rings (SSSR count). The maximum absolute atomic E-state index is 9.20. The van der Waals surface area contributed by atoms with Crippen molar-refractivity contribution in [3.63, 3.8) is 0 Å². The summed E-state index contributed by atoms with van der Waals surface area (Å²) >= 11 is 0. The molecule has 2 N–H and O–H groups in total. The van der Waals surface area contributed by atoms with Gasteiger partial charge in [-0.05, 0) is 44.3 Å². The summed E-state index contributed by atoms with van der Waals surface area (Å²) in [6.07, 6.45) is 2.07. The number of benzene rings is 1. The number of pyridine rings is 1. The Labute approximate surface area is 219 Å². The van der Waals surface area contributed by atoms with Gasteiger partial charge in [0.1, 0.15) is 11.5 Å². The van der Waals surface area contributed by atoms with Crippen molar-refractivity contribution >= 4 is 17.9 Å². The molecule has 12 heteroatoms. The fourth-order valence-corrected chi connectivity index (χ4v) is 4.35. The number of piperazine rings is 1. The van der Waals surface area contributed by atoms with E-state index in [1.165, 1.54) is 0 Å². The van der Waals surface area contributed by atoms with Crippen molar-refractivity contribution in [1.29, 1.82) is 5.26 Å². The third kappa shape index (κ3) is 6.22. The molecular formula is C26H26N10O2. The van der Waals surface area contributed by atoms with Gasteiger partial charge in [0.25, 0.3) is 0 Å². The normalized spacial score (nSPS) is 15.2. The number of carbonyl (C=O) groups excluding carboxylic acids is 2. The van der Waals surface area contributed by atoms with E-state index in [1.54, 1.807) is 22.9 Å². The number of likely N-dealkylation sites (N-methyl/N-ethyl adjacent to an activating group) is 1. The van der Waals surface area contributed by atoms with Gasteiger partial charge < -0.3 is 15.5 Å². The summed E-state index contributed by atoms with van der Waals surface area (Å²) in [7, 11) is 2.15. The highest BCUT2D eigenvalue weighted by molar-refractivity contribution is 5.68. The smallest absolute Gasteiger partial charge is 0.368 e. The number of nitrogens with two attached hydrogens (primary N) is 1. The molecule has 4 aromatic rings. The average Bonchev–Trinajstić information content (AvgIpc) is 3.37. The molecule has 1 aliphatic heterocycles. The predicted molar refractivity (Wildman–Crippen MR) is 138 cm³/mol. The Balaban J connectivity index is 0.00000107. The number of nitriles is 1. The number of hydrogen-bond donors (Lipinski definition) is 1. The first-order valence-corrected chi connectivity index (χ1v) is 11.9. The standard InChI is InChI=1S/C25H26N10.CO2/c1-17-14-33(2)9-10-35(17)24-8-4-7-20(28-24)15-34-16-23(31-32-34)22-12-21(29-25(27)30-22)19-6-3-5-18(11-19)13-26;2-1-3/h3-8,11-12,16-17H,9-10,14-15H2,1-2H3,(H2,27,29,30);/t17-;/m0./s1. The van der Waals surface area contributed by atoms with Crippen LogP contribution in [0.3, 0.4) is 0 Å². The molecule has 0 bridgehead atoms. The van der Waals surface area contributed by atoms with Gasteiger partial charge in [-0.1, -0.05) is 23.4 Å². The maximum Gasteiger partial charge on any atom is 0.373 e. The summed E-state index contributed by atoms with van der Waals surface area (Å²) in [4.78, 5) is 34.5. The fourth-order valence-electron chi connectivity index (χ4n) is 4.35. The van der Waals surface area contributed by atoms with Crippen LogP contribution in [0, 0.1) is 11.3 Å². The highest BCUT2D eigenvalue weighted by atomic mass is 16.2. The Morgan fingerprint density at radius 1 is 1.03 bits per heavy atom.